The van der Waals surface area contributed by atoms with Gasteiger partial charge in [0.1, 0.15) is 0 Å². The van der Waals surface area contributed by atoms with Gasteiger partial charge in [0.15, 0.2) is 0 Å². The minimum atomic E-state index is -0.262. The normalized spacial score (nSPS) is 14.1. The predicted octanol–water partition coefficient (Wildman–Crippen LogP) is 2.74. The summed E-state index contributed by atoms with van der Waals surface area (Å²) in [5.74, 6) is 1.46. The van der Waals surface area contributed by atoms with Crippen LogP contribution in [0, 0.1) is 11.8 Å². The van der Waals surface area contributed by atoms with Gasteiger partial charge in [-0.1, -0.05) is 41.5 Å². The highest BCUT2D eigenvalue weighted by Crippen LogP contribution is 2.07. The van der Waals surface area contributed by atoms with Crippen LogP contribution in [0.4, 0.5) is 0 Å². The number of aliphatic hydroxyl groups excluding tert-OH is 1. The molecule has 0 radical (unpaired) electrons. The van der Waals surface area contributed by atoms with E-state index in [1.807, 2.05) is 0 Å². The first-order chi connectivity index (χ1) is 8.81. The van der Waals surface area contributed by atoms with Crippen LogP contribution in [0.3, 0.4) is 0 Å². The lowest BCUT2D eigenvalue weighted by Crippen LogP contribution is -2.41. The Bertz CT molecular complexity index is 193. The zero-order chi connectivity index (χ0) is 14.8. The third kappa shape index (κ3) is 12.6. The quantitative estimate of drug-likeness (QED) is 0.607. The fourth-order valence-electron chi connectivity index (χ4n) is 1.91. The van der Waals surface area contributed by atoms with Crippen molar-refractivity contribution in [2.45, 2.75) is 66.5 Å². The lowest BCUT2D eigenvalue weighted by molar-refractivity contribution is 0.104. The van der Waals surface area contributed by atoms with Crippen molar-refractivity contribution in [2.75, 3.05) is 26.2 Å². The van der Waals surface area contributed by atoms with E-state index in [-0.39, 0.29) is 6.10 Å². The lowest BCUT2D eigenvalue weighted by atomic mass is 10.1. The summed E-state index contributed by atoms with van der Waals surface area (Å²) in [4.78, 5) is 2.42. The van der Waals surface area contributed by atoms with Gasteiger partial charge < -0.3 is 15.3 Å². The maximum absolute atomic E-state index is 10.1. The summed E-state index contributed by atoms with van der Waals surface area (Å²) in [6.07, 6.45) is 2.16. The molecule has 1 unspecified atom stereocenters. The summed E-state index contributed by atoms with van der Waals surface area (Å²) >= 11 is 0. The number of hydrogen-bond acceptors (Lipinski definition) is 3. The molecule has 0 aromatic carbocycles. The van der Waals surface area contributed by atoms with Crippen LogP contribution in [0.1, 0.15) is 54.4 Å². The Morgan fingerprint density at radius 2 is 1.37 bits per heavy atom. The summed E-state index contributed by atoms with van der Waals surface area (Å²) in [5.41, 5.74) is 0. The molecule has 0 saturated heterocycles. The van der Waals surface area contributed by atoms with E-state index in [1.54, 1.807) is 0 Å². The Hall–Kier alpha value is -0.120. The second-order valence-corrected chi connectivity index (χ2v) is 6.88. The SMILES string of the molecule is CC(C)CCN(CCC(C)C)CC(O)CNC(C)C. The van der Waals surface area contributed by atoms with Gasteiger partial charge in [0.25, 0.3) is 0 Å². The molecule has 0 aliphatic carbocycles. The zero-order valence-electron chi connectivity index (χ0n) is 13.9. The highest BCUT2D eigenvalue weighted by atomic mass is 16.3. The minimum Gasteiger partial charge on any atom is -0.390 e. The van der Waals surface area contributed by atoms with Crippen molar-refractivity contribution in [1.29, 1.82) is 0 Å². The van der Waals surface area contributed by atoms with E-state index in [0.29, 0.717) is 12.6 Å². The Kier molecular flexibility index (Phi) is 10.6. The highest BCUT2D eigenvalue weighted by molar-refractivity contribution is 4.69. The Labute approximate surface area is 120 Å². The number of aliphatic hydroxyl groups is 1. The molecular formula is C16H36N2O. The maximum atomic E-state index is 10.1. The largest absolute Gasteiger partial charge is 0.390 e. The Morgan fingerprint density at radius 1 is 0.895 bits per heavy atom. The van der Waals surface area contributed by atoms with Crippen molar-refractivity contribution in [3.8, 4) is 0 Å². The average Bonchev–Trinajstić information content (AvgIpc) is 2.29. The second-order valence-electron chi connectivity index (χ2n) is 6.88. The van der Waals surface area contributed by atoms with E-state index in [2.05, 4.69) is 51.8 Å². The number of nitrogens with one attached hydrogen (secondary N) is 1. The summed E-state index contributed by atoms with van der Waals surface area (Å²) in [6.45, 7) is 17.0. The average molecular weight is 272 g/mol. The zero-order valence-corrected chi connectivity index (χ0v) is 13.9. The molecule has 0 aromatic heterocycles. The fourth-order valence-corrected chi connectivity index (χ4v) is 1.91. The molecule has 116 valence electrons. The summed E-state index contributed by atoms with van der Waals surface area (Å²) in [5, 5.41) is 13.4. The Morgan fingerprint density at radius 3 is 1.74 bits per heavy atom. The van der Waals surface area contributed by atoms with Gasteiger partial charge in [-0.05, 0) is 37.8 Å². The van der Waals surface area contributed by atoms with E-state index in [4.69, 9.17) is 0 Å². The summed E-state index contributed by atoms with van der Waals surface area (Å²) in [7, 11) is 0. The van der Waals surface area contributed by atoms with Crippen molar-refractivity contribution >= 4 is 0 Å². The van der Waals surface area contributed by atoms with Crippen molar-refractivity contribution in [3.05, 3.63) is 0 Å². The van der Waals surface area contributed by atoms with Crippen molar-refractivity contribution in [2.24, 2.45) is 11.8 Å². The van der Waals surface area contributed by atoms with Gasteiger partial charge in [0, 0.05) is 19.1 Å². The van der Waals surface area contributed by atoms with Crippen molar-refractivity contribution in [1.82, 2.24) is 10.2 Å². The molecule has 0 aliphatic heterocycles. The van der Waals surface area contributed by atoms with Gasteiger partial charge in [0.05, 0.1) is 6.10 Å². The van der Waals surface area contributed by atoms with Crippen LogP contribution in [0.2, 0.25) is 0 Å². The second kappa shape index (κ2) is 10.6. The van der Waals surface area contributed by atoms with Crippen LogP contribution in [-0.4, -0.2) is 48.3 Å². The first kappa shape index (κ1) is 18.9. The molecule has 0 amide bonds. The van der Waals surface area contributed by atoms with Crippen molar-refractivity contribution < 1.29 is 5.11 Å². The van der Waals surface area contributed by atoms with Gasteiger partial charge in [-0.25, -0.2) is 0 Å². The minimum absolute atomic E-state index is 0.262. The van der Waals surface area contributed by atoms with E-state index in [1.165, 1.54) is 12.8 Å². The molecule has 0 spiro atoms. The molecule has 0 aliphatic rings. The molecule has 3 heteroatoms. The molecule has 19 heavy (non-hydrogen) atoms. The molecule has 0 fully saturated rings. The van der Waals surface area contributed by atoms with Crippen LogP contribution in [0.5, 0.6) is 0 Å². The van der Waals surface area contributed by atoms with Crippen LogP contribution in [0.25, 0.3) is 0 Å². The standard InChI is InChI=1S/C16H36N2O/c1-13(2)7-9-18(10-8-14(3)4)12-16(19)11-17-15(5)6/h13-17,19H,7-12H2,1-6H3. The first-order valence-corrected chi connectivity index (χ1v) is 7.95. The molecule has 0 bridgehead atoms. The van der Waals surface area contributed by atoms with Crippen molar-refractivity contribution in [3.63, 3.8) is 0 Å². The molecule has 0 saturated carbocycles. The predicted molar refractivity (Wildman–Crippen MR) is 84.5 cm³/mol. The maximum Gasteiger partial charge on any atom is 0.0791 e. The van der Waals surface area contributed by atoms with E-state index in [0.717, 1.165) is 31.5 Å². The van der Waals surface area contributed by atoms with Gasteiger partial charge in [0.2, 0.25) is 0 Å². The molecule has 3 nitrogen and oxygen atoms in total. The Balaban J connectivity index is 4.07. The number of nitrogens with zero attached hydrogens (tertiary/aromatic N) is 1. The summed E-state index contributed by atoms with van der Waals surface area (Å²) in [6, 6.07) is 0.439. The summed E-state index contributed by atoms with van der Waals surface area (Å²) < 4.78 is 0. The number of hydrogen-bond donors (Lipinski definition) is 2. The van der Waals surface area contributed by atoms with E-state index < -0.39 is 0 Å². The van der Waals surface area contributed by atoms with Gasteiger partial charge in [-0.15, -0.1) is 0 Å². The van der Waals surface area contributed by atoms with Gasteiger partial charge in [-0.2, -0.15) is 0 Å². The number of rotatable bonds is 11. The first-order valence-electron chi connectivity index (χ1n) is 7.95. The fraction of sp³-hybridized carbons (Fsp3) is 1.00. The molecule has 0 aromatic rings. The topological polar surface area (TPSA) is 35.5 Å². The molecule has 0 rings (SSSR count). The third-order valence-electron chi connectivity index (χ3n) is 3.28. The van der Waals surface area contributed by atoms with Crippen LogP contribution in [0.15, 0.2) is 0 Å². The van der Waals surface area contributed by atoms with Gasteiger partial charge >= 0.3 is 0 Å². The molecule has 0 heterocycles. The third-order valence-corrected chi connectivity index (χ3v) is 3.28. The molecular weight excluding hydrogens is 236 g/mol. The monoisotopic (exact) mass is 272 g/mol. The van der Waals surface area contributed by atoms with E-state index in [9.17, 15) is 5.11 Å². The molecule has 2 N–H and O–H groups in total. The van der Waals surface area contributed by atoms with Gasteiger partial charge in [-0.3, -0.25) is 0 Å². The highest BCUT2D eigenvalue weighted by Gasteiger charge is 2.13. The smallest absolute Gasteiger partial charge is 0.0791 e. The van der Waals surface area contributed by atoms with E-state index >= 15 is 0 Å². The lowest BCUT2D eigenvalue weighted by Gasteiger charge is -2.27. The van der Waals surface area contributed by atoms with Crippen LogP contribution >= 0.6 is 0 Å². The molecule has 1 atom stereocenters. The van der Waals surface area contributed by atoms with Crippen LogP contribution < -0.4 is 5.32 Å². The van der Waals surface area contributed by atoms with Crippen LogP contribution in [-0.2, 0) is 0 Å².